The molecule has 3 rings (SSSR count). The molecule has 23 heavy (non-hydrogen) atoms. The van der Waals surface area contributed by atoms with Crippen LogP contribution in [0.25, 0.3) is 0 Å². The number of thioether (sulfide) groups is 1. The van der Waals surface area contributed by atoms with Gasteiger partial charge >= 0.3 is 0 Å². The molecule has 0 fully saturated rings. The van der Waals surface area contributed by atoms with Gasteiger partial charge in [0.2, 0.25) is 5.91 Å². The summed E-state index contributed by atoms with van der Waals surface area (Å²) < 4.78 is 1.85. The lowest BCUT2D eigenvalue weighted by atomic mass is 9.98. The second-order valence-electron chi connectivity index (χ2n) is 6.32. The molecular formula is C15H17N5OS2. The minimum absolute atomic E-state index is 0.0186. The molecule has 0 atom stereocenters. The van der Waals surface area contributed by atoms with Crippen molar-refractivity contribution in [1.82, 2.24) is 14.5 Å². The molecule has 6 nitrogen and oxygen atoms in total. The van der Waals surface area contributed by atoms with E-state index in [4.69, 9.17) is 0 Å². The Kier molecular flexibility index (Phi) is 4.17. The van der Waals surface area contributed by atoms with Gasteiger partial charge in [0.15, 0.2) is 16.7 Å². The number of rotatable bonds is 3. The third kappa shape index (κ3) is 3.26. The summed E-state index contributed by atoms with van der Waals surface area (Å²) in [6.45, 7) is 7.05. The molecule has 1 aliphatic heterocycles. The molecule has 0 spiro atoms. The number of nitrogens with one attached hydrogen (secondary N) is 1. The lowest BCUT2D eigenvalue weighted by Gasteiger charge is -2.13. The average Bonchev–Trinajstić information content (AvgIpc) is 3.13. The van der Waals surface area contributed by atoms with Gasteiger partial charge in [0.25, 0.3) is 0 Å². The number of imidazole rings is 1. The highest BCUT2D eigenvalue weighted by Crippen LogP contribution is 2.30. The van der Waals surface area contributed by atoms with Crippen LogP contribution < -0.4 is 5.32 Å². The van der Waals surface area contributed by atoms with E-state index in [1.54, 1.807) is 23.1 Å². The van der Waals surface area contributed by atoms with E-state index in [1.807, 2.05) is 9.95 Å². The molecule has 0 aliphatic carbocycles. The van der Waals surface area contributed by atoms with Crippen molar-refractivity contribution < 1.29 is 4.79 Å². The zero-order valence-corrected chi connectivity index (χ0v) is 14.8. The fraction of sp³-hybridized carbons (Fsp3) is 0.467. The number of nitriles is 1. The Hall–Kier alpha value is -1.85. The van der Waals surface area contributed by atoms with Gasteiger partial charge < -0.3 is 9.88 Å². The predicted molar refractivity (Wildman–Crippen MR) is 90.8 cm³/mol. The first-order chi connectivity index (χ1) is 10.9. The quantitative estimate of drug-likeness (QED) is 0.923. The van der Waals surface area contributed by atoms with Crippen LogP contribution in [0.2, 0.25) is 0 Å². The summed E-state index contributed by atoms with van der Waals surface area (Å²) in [5.41, 5.74) is 1.15. The van der Waals surface area contributed by atoms with Gasteiger partial charge in [-0.05, 0) is 0 Å². The molecule has 0 unspecified atom stereocenters. The predicted octanol–water partition coefficient (Wildman–Crippen LogP) is 2.80. The molecule has 8 heteroatoms. The van der Waals surface area contributed by atoms with Gasteiger partial charge in [0, 0.05) is 23.1 Å². The molecule has 0 radical (unpaired) electrons. The zero-order valence-electron chi connectivity index (χ0n) is 13.2. The minimum atomic E-state index is -0.200. The van der Waals surface area contributed by atoms with E-state index in [9.17, 15) is 10.1 Å². The van der Waals surface area contributed by atoms with Gasteiger partial charge in [-0.1, -0.05) is 32.5 Å². The van der Waals surface area contributed by atoms with Crippen LogP contribution in [-0.4, -0.2) is 26.2 Å². The molecule has 2 aromatic heterocycles. The number of carbonyl (C=O) groups excluding carboxylic acids is 1. The van der Waals surface area contributed by atoms with E-state index < -0.39 is 0 Å². The van der Waals surface area contributed by atoms with Crippen molar-refractivity contribution in [3.8, 4) is 6.07 Å². The average molecular weight is 347 g/mol. The van der Waals surface area contributed by atoms with Crippen LogP contribution in [0.3, 0.4) is 0 Å². The van der Waals surface area contributed by atoms with Crippen LogP contribution in [0, 0.1) is 11.3 Å². The van der Waals surface area contributed by atoms with Crippen molar-refractivity contribution in [3.63, 3.8) is 0 Å². The van der Waals surface area contributed by atoms with Crippen molar-refractivity contribution in [1.29, 1.82) is 5.26 Å². The summed E-state index contributed by atoms with van der Waals surface area (Å²) in [5, 5.41) is 15.7. The molecule has 1 amide bonds. The molecule has 0 aromatic carbocycles. The lowest BCUT2D eigenvalue weighted by Crippen LogP contribution is -2.17. The SMILES string of the molecule is CC(C)(C)c1nc(CC(=O)Nc2nc3n(c2C#N)CCS3)cs1. The highest BCUT2D eigenvalue weighted by molar-refractivity contribution is 7.99. The van der Waals surface area contributed by atoms with E-state index in [1.165, 1.54) is 0 Å². The van der Waals surface area contributed by atoms with Crippen LogP contribution >= 0.6 is 23.1 Å². The van der Waals surface area contributed by atoms with E-state index in [0.29, 0.717) is 11.5 Å². The number of aromatic nitrogens is 3. The number of nitrogens with zero attached hydrogens (tertiary/aromatic N) is 4. The summed E-state index contributed by atoms with van der Waals surface area (Å²) in [6, 6.07) is 2.13. The van der Waals surface area contributed by atoms with E-state index in [2.05, 4.69) is 42.1 Å². The van der Waals surface area contributed by atoms with Gasteiger partial charge in [0.05, 0.1) is 17.1 Å². The molecule has 1 N–H and O–H groups in total. The summed E-state index contributed by atoms with van der Waals surface area (Å²) in [5.74, 6) is 1.07. The summed E-state index contributed by atoms with van der Waals surface area (Å²) in [6.07, 6.45) is 0.187. The first kappa shape index (κ1) is 16.0. The van der Waals surface area contributed by atoms with E-state index in [-0.39, 0.29) is 17.7 Å². The number of anilines is 1. The van der Waals surface area contributed by atoms with Crippen molar-refractivity contribution in [3.05, 3.63) is 21.8 Å². The zero-order chi connectivity index (χ0) is 16.6. The van der Waals surface area contributed by atoms with Gasteiger partial charge in [-0.15, -0.1) is 11.3 Å². The molecule has 2 aromatic rings. The Morgan fingerprint density at radius 2 is 2.26 bits per heavy atom. The maximum absolute atomic E-state index is 12.2. The number of thiazole rings is 1. The van der Waals surface area contributed by atoms with Crippen molar-refractivity contribution in [2.75, 3.05) is 11.1 Å². The topological polar surface area (TPSA) is 83.6 Å². The van der Waals surface area contributed by atoms with Crippen molar-refractivity contribution >= 4 is 34.8 Å². The number of hydrogen-bond acceptors (Lipinski definition) is 6. The monoisotopic (exact) mass is 347 g/mol. The normalized spacial score (nSPS) is 13.7. The Labute approximate surface area is 142 Å². The van der Waals surface area contributed by atoms with Crippen molar-refractivity contribution in [2.45, 2.75) is 44.3 Å². The molecule has 0 saturated heterocycles. The Morgan fingerprint density at radius 3 is 2.91 bits per heavy atom. The maximum Gasteiger partial charge on any atom is 0.231 e. The third-order valence-corrected chi connectivity index (χ3v) is 5.65. The largest absolute Gasteiger partial charge is 0.308 e. The Balaban J connectivity index is 1.71. The number of amides is 1. The molecular weight excluding hydrogens is 330 g/mol. The first-order valence-electron chi connectivity index (χ1n) is 7.26. The fourth-order valence-corrected chi connectivity index (χ4v) is 4.11. The second-order valence-corrected chi connectivity index (χ2v) is 8.24. The number of carbonyl (C=O) groups is 1. The summed E-state index contributed by atoms with van der Waals surface area (Å²) in [7, 11) is 0. The summed E-state index contributed by atoms with van der Waals surface area (Å²) >= 11 is 3.16. The van der Waals surface area contributed by atoms with Gasteiger partial charge in [-0.3, -0.25) is 4.79 Å². The number of hydrogen-bond donors (Lipinski definition) is 1. The highest BCUT2D eigenvalue weighted by Gasteiger charge is 2.23. The maximum atomic E-state index is 12.2. The molecule has 3 heterocycles. The van der Waals surface area contributed by atoms with Crippen molar-refractivity contribution in [2.24, 2.45) is 0 Å². The van der Waals surface area contributed by atoms with Crippen LogP contribution in [0.4, 0.5) is 5.82 Å². The fourth-order valence-electron chi connectivity index (χ4n) is 2.25. The van der Waals surface area contributed by atoms with Gasteiger partial charge in [-0.2, -0.15) is 5.26 Å². The smallest absolute Gasteiger partial charge is 0.231 e. The second kappa shape index (κ2) is 5.98. The third-order valence-electron chi connectivity index (χ3n) is 3.38. The lowest BCUT2D eigenvalue weighted by molar-refractivity contribution is -0.115. The Morgan fingerprint density at radius 1 is 1.48 bits per heavy atom. The molecule has 0 bridgehead atoms. The van der Waals surface area contributed by atoms with E-state index in [0.717, 1.165) is 28.2 Å². The molecule has 120 valence electrons. The highest BCUT2D eigenvalue weighted by atomic mass is 32.2. The standard InChI is InChI=1S/C15H17N5OS2/c1-15(2,3)13-17-9(8-23-13)6-11(21)18-12-10(7-16)20-4-5-22-14(20)19-12/h8H,4-6H2,1-3H3,(H,18,21). The minimum Gasteiger partial charge on any atom is -0.308 e. The van der Waals surface area contributed by atoms with Crippen LogP contribution in [0.15, 0.2) is 10.5 Å². The van der Waals surface area contributed by atoms with Gasteiger partial charge in [0.1, 0.15) is 6.07 Å². The molecule has 1 aliphatic rings. The first-order valence-corrected chi connectivity index (χ1v) is 9.13. The van der Waals surface area contributed by atoms with E-state index >= 15 is 0 Å². The van der Waals surface area contributed by atoms with Crippen LogP contribution in [0.5, 0.6) is 0 Å². The van der Waals surface area contributed by atoms with Crippen LogP contribution in [-0.2, 0) is 23.2 Å². The van der Waals surface area contributed by atoms with Crippen LogP contribution in [0.1, 0.15) is 37.2 Å². The Bertz CT molecular complexity index is 794. The number of fused-ring (bicyclic) bond motifs is 1. The van der Waals surface area contributed by atoms with Gasteiger partial charge in [-0.25, -0.2) is 9.97 Å². The summed E-state index contributed by atoms with van der Waals surface area (Å²) in [4.78, 5) is 21.1. The molecule has 0 saturated carbocycles.